The highest BCUT2D eigenvalue weighted by atomic mass is 79.9. The molecule has 0 radical (unpaired) electrons. The van der Waals surface area contributed by atoms with Gasteiger partial charge < -0.3 is 0 Å². The SMILES string of the molecule is CC(C)(CBr)CN1CCCNS1(=O)=O. The Morgan fingerprint density at radius 2 is 2.14 bits per heavy atom. The average molecular weight is 285 g/mol. The standard InChI is InChI=1S/C8H17BrN2O2S/c1-8(2,6-9)7-11-5-3-4-10-14(11,12)13/h10H,3-7H2,1-2H3. The van der Waals surface area contributed by atoms with Crippen molar-refractivity contribution in [1.82, 2.24) is 9.03 Å². The molecule has 0 saturated carbocycles. The van der Waals surface area contributed by atoms with Crippen LogP contribution in [0, 0.1) is 5.41 Å². The van der Waals surface area contributed by atoms with Crippen LogP contribution in [0.4, 0.5) is 0 Å². The summed E-state index contributed by atoms with van der Waals surface area (Å²) in [6.45, 7) is 5.85. The lowest BCUT2D eigenvalue weighted by atomic mass is 9.97. The summed E-state index contributed by atoms with van der Waals surface area (Å²) >= 11 is 3.39. The summed E-state index contributed by atoms with van der Waals surface area (Å²) < 4.78 is 27.2. The van der Waals surface area contributed by atoms with Crippen LogP contribution in [0.15, 0.2) is 0 Å². The highest BCUT2D eigenvalue weighted by Crippen LogP contribution is 2.22. The van der Waals surface area contributed by atoms with Gasteiger partial charge in [0.1, 0.15) is 0 Å². The molecule has 1 heterocycles. The van der Waals surface area contributed by atoms with Gasteiger partial charge in [0, 0.05) is 25.0 Å². The Kier molecular flexibility index (Phi) is 3.96. The molecule has 1 aliphatic heterocycles. The number of alkyl halides is 1. The van der Waals surface area contributed by atoms with E-state index in [9.17, 15) is 8.42 Å². The van der Waals surface area contributed by atoms with Crippen molar-refractivity contribution < 1.29 is 8.42 Å². The van der Waals surface area contributed by atoms with Gasteiger partial charge in [-0.2, -0.15) is 12.7 Å². The molecule has 14 heavy (non-hydrogen) atoms. The second-order valence-electron chi connectivity index (χ2n) is 4.38. The molecule has 0 aromatic rings. The summed E-state index contributed by atoms with van der Waals surface area (Å²) in [6, 6.07) is 0. The maximum Gasteiger partial charge on any atom is 0.279 e. The molecule has 0 spiro atoms. The van der Waals surface area contributed by atoms with Gasteiger partial charge in [-0.25, -0.2) is 4.72 Å². The number of nitrogens with one attached hydrogen (secondary N) is 1. The Labute approximate surface area is 94.4 Å². The molecule has 1 saturated heterocycles. The number of rotatable bonds is 3. The Morgan fingerprint density at radius 3 is 2.64 bits per heavy atom. The summed E-state index contributed by atoms with van der Waals surface area (Å²) in [5, 5.41) is 0.798. The van der Waals surface area contributed by atoms with Crippen molar-refractivity contribution in [2.24, 2.45) is 5.41 Å². The molecule has 0 aromatic carbocycles. The van der Waals surface area contributed by atoms with Crippen LogP contribution in [0.25, 0.3) is 0 Å². The fraction of sp³-hybridized carbons (Fsp3) is 1.00. The maximum atomic E-state index is 11.6. The Balaban J connectivity index is 2.68. The lowest BCUT2D eigenvalue weighted by Gasteiger charge is -2.33. The number of hydrogen-bond acceptors (Lipinski definition) is 2. The van der Waals surface area contributed by atoms with E-state index in [1.165, 1.54) is 4.31 Å². The summed E-state index contributed by atoms with van der Waals surface area (Å²) in [5.41, 5.74) is -0.0217. The van der Waals surface area contributed by atoms with Gasteiger partial charge in [-0.05, 0) is 11.8 Å². The van der Waals surface area contributed by atoms with Crippen LogP contribution in [0.1, 0.15) is 20.3 Å². The first-order valence-corrected chi connectivity index (χ1v) is 7.24. The molecule has 84 valence electrons. The second kappa shape index (κ2) is 4.47. The molecule has 4 nitrogen and oxygen atoms in total. The lowest BCUT2D eigenvalue weighted by Crippen LogP contribution is -2.50. The van der Waals surface area contributed by atoms with Crippen LogP contribution in [0.5, 0.6) is 0 Å². The average Bonchev–Trinajstić information content (AvgIpc) is 2.09. The van der Waals surface area contributed by atoms with E-state index < -0.39 is 10.2 Å². The van der Waals surface area contributed by atoms with E-state index in [4.69, 9.17) is 0 Å². The Morgan fingerprint density at radius 1 is 1.50 bits per heavy atom. The molecule has 0 unspecified atom stereocenters. The van der Waals surface area contributed by atoms with Crippen LogP contribution >= 0.6 is 15.9 Å². The molecular formula is C8H17BrN2O2S. The zero-order valence-corrected chi connectivity index (χ0v) is 11.0. The normalized spacial score (nSPS) is 23.6. The molecule has 1 aliphatic rings. The van der Waals surface area contributed by atoms with Crippen molar-refractivity contribution in [3.05, 3.63) is 0 Å². The van der Waals surface area contributed by atoms with Crippen molar-refractivity contribution in [2.45, 2.75) is 20.3 Å². The molecule has 1 fully saturated rings. The fourth-order valence-electron chi connectivity index (χ4n) is 1.35. The highest BCUT2D eigenvalue weighted by molar-refractivity contribution is 9.09. The van der Waals surface area contributed by atoms with E-state index in [0.29, 0.717) is 19.6 Å². The van der Waals surface area contributed by atoms with Crippen molar-refractivity contribution in [3.63, 3.8) is 0 Å². The van der Waals surface area contributed by atoms with Crippen LogP contribution in [0.2, 0.25) is 0 Å². The number of nitrogens with zero attached hydrogens (tertiary/aromatic N) is 1. The van der Waals surface area contributed by atoms with Crippen LogP contribution in [0.3, 0.4) is 0 Å². The topological polar surface area (TPSA) is 49.4 Å². The summed E-state index contributed by atoms with van der Waals surface area (Å²) in [7, 11) is -3.20. The second-order valence-corrected chi connectivity index (χ2v) is 6.70. The number of hydrogen-bond donors (Lipinski definition) is 1. The van der Waals surface area contributed by atoms with Crippen molar-refractivity contribution in [3.8, 4) is 0 Å². The first kappa shape index (κ1) is 12.4. The number of halogens is 1. The molecule has 1 rings (SSSR count). The first-order valence-electron chi connectivity index (χ1n) is 4.68. The van der Waals surface area contributed by atoms with Gasteiger partial charge in [-0.1, -0.05) is 29.8 Å². The van der Waals surface area contributed by atoms with Crippen LogP contribution in [-0.2, 0) is 10.2 Å². The van der Waals surface area contributed by atoms with Gasteiger partial charge in [-0.15, -0.1) is 0 Å². The third kappa shape index (κ3) is 3.18. The molecule has 0 amide bonds. The fourth-order valence-corrected chi connectivity index (χ4v) is 3.00. The minimum Gasteiger partial charge on any atom is -0.202 e. The Bertz CT molecular complexity index is 290. The van der Waals surface area contributed by atoms with E-state index in [2.05, 4.69) is 20.7 Å². The maximum absolute atomic E-state index is 11.6. The molecular weight excluding hydrogens is 268 g/mol. The van der Waals surface area contributed by atoms with E-state index in [0.717, 1.165) is 11.8 Å². The minimum atomic E-state index is -3.20. The molecule has 0 atom stereocenters. The van der Waals surface area contributed by atoms with Gasteiger partial charge in [0.2, 0.25) is 0 Å². The quantitative estimate of drug-likeness (QED) is 0.785. The van der Waals surface area contributed by atoms with Gasteiger partial charge in [0.15, 0.2) is 0 Å². The van der Waals surface area contributed by atoms with Gasteiger partial charge in [0.25, 0.3) is 10.2 Å². The smallest absolute Gasteiger partial charge is 0.202 e. The summed E-state index contributed by atoms with van der Waals surface area (Å²) in [6.07, 6.45) is 0.887. The molecule has 1 N–H and O–H groups in total. The third-order valence-electron chi connectivity index (χ3n) is 2.17. The predicted octanol–water partition coefficient (Wildman–Crippen LogP) is 0.948. The van der Waals surface area contributed by atoms with Gasteiger partial charge in [-0.3, -0.25) is 0 Å². The molecule has 6 heteroatoms. The van der Waals surface area contributed by atoms with E-state index in [1.807, 2.05) is 13.8 Å². The van der Waals surface area contributed by atoms with Gasteiger partial charge >= 0.3 is 0 Å². The first-order chi connectivity index (χ1) is 6.37. The van der Waals surface area contributed by atoms with E-state index in [-0.39, 0.29) is 5.41 Å². The van der Waals surface area contributed by atoms with E-state index >= 15 is 0 Å². The minimum absolute atomic E-state index is 0.0217. The monoisotopic (exact) mass is 284 g/mol. The van der Waals surface area contributed by atoms with Crippen LogP contribution in [-0.4, -0.2) is 37.7 Å². The molecule has 0 aliphatic carbocycles. The van der Waals surface area contributed by atoms with Crippen molar-refractivity contribution in [1.29, 1.82) is 0 Å². The summed E-state index contributed by atoms with van der Waals surface area (Å²) in [5.74, 6) is 0. The largest absolute Gasteiger partial charge is 0.279 e. The Hall–Kier alpha value is 0.350. The zero-order chi connectivity index (χ0) is 10.8. The van der Waals surface area contributed by atoms with Crippen molar-refractivity contribution in [2.75, 3.05) is 25.0 Å². The van der Waals surface area contributed by atoms with E-state index in [1.54, 1.807) is 0 Å². The molecule has 0 aromatic heterocycles. The lowest BCUT2D eigenvalue weighted by molar-refractivity contribution is 0.273. The third-order valence-corrected chi connectivity index (χ3v) is 5.25. The van der Waals surface area contributed by atoms with Crippen molar-refractivity contribution >= 4 is 26.1 Å². The summed E-state index contributed by atoms with van der Waals surface area (Å²) in [4.78, 5) is 0. The zero-order valence-electron chi connectivity index (χ0n) is 8.59. The highest BCUT2D eigenvalue weighted by Gasteiger charge is 2.30. The molecule has 0 bridgehead atoms. The van der Waals surface area contributed by atoms with Crippen LogP contribution < -0.4 is 4.72 Å². The predicted molar refractivity (Wildman–Crippen MR) is 60.7 cm³/mol. The van der Waals surface area contributed by atoms with Gasteiger partial charge in [0.05, 0.1) is 0 Å².